The van der Waals surface area contributed by atoms with Gasteiger partial charge in [0.2, 0.25) is 0 Å². The molecule has 0 unspecified atom stereocenters. The van der Waals surface area contributed by atoms with Crippen molar-refractivity contribution in [3.63, 3.8) is 0 Å². The van der Waals surface area contributed by atoms with Gasteiger partial charge in [0.1, 0.15) is 16.1 Å². The number of benzene rings is 1. The van der Waals surface area contributed by atoms with Crippen LogP contribution in [0.2, 0.25) is 0 Å². The van der Waals surface area contributed by atoms with E-state index in [2.05, 4.69) is 4.18 Å². The van der Waals surface area contributed by atoms with Crippen LogP contribution >= 0.6 is 0 Å². The first-order valence-electron chi connectivity index (χ1n) is 6.08. The molecular formula is C12H16O7S2. The van der Waals surface area contributed by atoms with Gasteiger partial charge in [0.05, 0.1) is 7.11 Å². The molecule has 0 aliphatic carbocycles. The molecule has 0 spiro atoms. The molecule has 0 amide bonds. The Morgan fingerprint density at radius 3 is 2.29 bits per heavy atom. The number of hydrogen-bond acceptors (Lipinski definition) is 6. The second-order valence-corrected chi connectivity index (χ2v) is 7.32. The van der Waals surface area contributed by atoms with Crippen LogP contribution in [0.15, 0.2) is 21.9 Å². The van der Waals surface area contributed by atoms with Crippen LogP contribution in [0.5, 0.6) is 0 Å². The third-order valence-corrected chi connectivity index (χ3v) is 5.34. The quantitative estimate of drug-likeness (QED) is 0.455. The van der Waals surface area contributed by atoms with E-state index >= 15 is 0 Å². The minimum Gasteiger partial charge on any atom is -0.298 e. The molecule has 1 aromatic rings. The van der Waals surface area contributed by atoms with E-state index in [4.69, 9.17) is 0 Å². The number of hydrogen-bond donors (Lipinski definition) is 1. The van der Waals surface area contributed by atoms with Crippen molar-refractivity contribution in [2.75, 3.05) is 7.11 Å². The summed E-state index contributed by atoms with van der Waals surface area (Å²) in [6, 6.07) is 2.12. The number of rotatable bonds is 7. The lowest BCUT2D eigenvalue weighted by atomic mass is 10.0. The van der Waals surface area contributed by atoms with Gasteiger partial charge in [-0.15, -0.1) is 0 Å². The van der Waals surface area contributed by atoms with Crippen LogP contribution in [0, 0.1) is 0 Å². The van der Waals surface area contributed by atoms with Gasteiger partial charge in [-0.1, -0.05) is 13.3 Å². The van der Waals surface area contributed by atoms with Crippen molar-refractivity contribution >= 4 is 26.5 Å². The van der Waals surface area contributed by atoms with E-state index in [1.54, 1.807) is 0 Å². The maximum Gasteiger partial charge on any atom is 0.298 e. The van der Waals surface area contributed by atoms with Crippen molar-refractivity contribution in [3.8, 4) is 0 Å². The van der Waals surface area contributed by atoms with Crippen LogP contribution in [0.1, 0.15) is 35.7 Å². The lowest BCUT2D eigenvalue weighted by molar-refractivity contribution is 0.112. The predicted octanol–water partition coefficient (Wildman–Crippen LogP) is 1.42. The molecule has 1 N–H and O–H groups in total. The van der Waals surface area contributed by atoms with Crippen LogP contribution in [0.4, 0.5) is 0 Å². The van der Waals surface area contributed by atoms with E-state index in [0.29, 0.717) is 19.1 Å². The fraction of sp³-hybridized carbons (Fsp3) is 0.417. The first-order chi connectivity index (χ1) is 9.69. The van der Waals surface area contributed by atoms with Crippen LogP contribution in [-0.2, 0) is 30.8 Å². The molecule has 0 radical (unpaired) electrons. The number of unbranched alkanes of at least 4 members (excludes halogenated alkanes) is 1. The minimum absolute atomic E-state index is 0.0196. The molecule has 118 valence electrons. The largest absolute Gasteiger partial charge is 0.298 e. The van der Waals surface area contributed by atoms with E-state index in [1.807, 2.05) is 6.92 Å². The first-order valence-corrected chi connectivity index (χ1v) is 8.93. The molecule has 0 aromatic heterocycles. The highest BCUT2D eigenvalue weighted by Crippen LogP contribution is 2.29. The van der Waals surface area contributed by atoms with Crippen LogP contribution in [-0.4, -0.2) is 34.8 Å². The van der Waals surface area contributed by atoms with Gasteiger partial charge in [-0.05, 0) is 30.5 Å². The number of carbonyl (C=O) groups excluding carboxylic acids is 1. The average Bonchev–Trinajstić information content (AvgIpc) is 2.42. The van der Waals surface area contributed by atoms with Crippen LogP contribution in [0.25, 0.3) is 0 Å². The van der Waals surface area contributed by atoms with E-state index in [-0.39, 0.29) is 17.5 Å². The highest BCUT2D eigenvalue weighted by molar-refractivity contribution is 7.89. The number of aldehydes is 1. The Labute approximate surface area is 123 Å². The Balaban J connectivity index is 3.82. The summed E-state index contributed by atoms with van der Waals surface area (Å²) < 4.78 is 60.5. The second kappa shape index (κ2) is 6.65. The topological polar surface area (TPSA) is 115 Å². The number of carbonyl (C=O) groups is 1. The minimum atomic E-state index is -4.84. The molecule has 1 aromatic carbocycles. The Morgan fingerprint density at radius 2 is 1.86 bits per heavy atom. The molecule has 1 rings (SSSR count). The molecule has 7 nitrogen and oxygen atoms in total. The van der Waals surface area contributed by atoms with Crippen molar-refractivity contribution in [3.05, 3.63) is 23.3 Å². The summed E-state index contributed by atoms with van der Waals surface area (Å²) in [5, 5.41) is 0. The van der Waals surface area contributed by atoms with Gasteiger partial charge in [0.15, 0.2) is 0 Å². The predicted molar refractivity (Wildman–Crippen MR) is 74.5 cm³/mol. The van der Waals surface area contributed by atoms with Crippen LogP contribution in [0.3, 0.4) is 0 Å². The smallest absolute Gasteiger partial charge is 0.298 e. The Bertz CT molecular complexity index is 733. The summed E-state index contributed by atoms with van der Waals surface area (Å²) in [6.45, 7) is 1.85. The molecule has 0 bridgehead atoms. The molecule has 0 atom stereocenters. The Hall–Kier alpha value is -1.29. The fourth-order valence-electron chi connectivity index (χ4n) is 1.91. The normalized spacial score (nSPS) is 12.3. The monoisotopic (exact) mass is 336 g/mol. The molecule has 21 heavy (non-hydrogen) atoms. The zero-order valence-electron chi connectivity index (χ0n) is 11.6. The summed E-state index contributed by atoms with van der Waals surface area (Å²) in [7, 11) is -8.30. The van der Waals surface area contributed by atoms with Crippen molar-refractivity contribution in [2.24, 2.45) is 0 Å². The van der Waals surface area contributed by atoms with Crippen molar-refractivity contribution in [1.29, 1.82) is 0 Å². The second-order valence-electron chi connectivity index (χ2n) is 4.28. The third kappa shape index (κ3) is 3.88. The lowest BCUT2D eigenvalue weighted by Gasteiger charge is -2.14. The van der Waals surface area contributed by atoms with Gasteiger partial charge in [-0.2, -0.15) is 16.8 Å². The third-order valence-electron chi connectivity index (χ3n) is 2.91. The summed E-state index contributed by atoms with van der Waals surface area (Å²) in [5.41, 5.74) is -0.00129. The maximum atomic E-state index is 11.8. The average molecular weight is 336 g/mol. The fourth-order valence-corrected chi connectivity index (χ4v) is 4.15. The lowest BCUT2D eigenvalue weighted by Crippen LogP contribution is -2.15. The highest BCUT2D eigenvalue weighted by atomic mass is 32.2. The summed E-state index contributed by atoms with van der Waals surface area (Å²) in [6.07, 6.45) is 1.79. The SMILES string of the molecule is CCCCc1c(C=O)ccc(S(=O)(=O)OC)c1S(=O)(=O)O. The standard InChI is InChI=1S/C12H16O7S2/c1-3-4-5-10-9(8-13)6-7-11(21(17,18)19-2)12(10)20(14,15)16/h6-8H,3-5H2,1-2H3,(H,14,15,16). The van der Waals surface area contributed by atoms with E-state index in [9.17, 15) is 26.2 Å². The van der Waals surface area contributed by atoms with E-state index in [1.165, 1.54) is 6.07 Å². The van der Waals surface area contributed by atoms with Gasteiger partial charge in [0, 0.05) is 5.56 Å². The van der Waals surface area contributed by atoms with Crippen molar-refractivity contribution in [2.45, 2.75) is 36.0 Å². The Morgan fingerprint density at radius 1 is 1.24 bits per heavy atom. The molecular weight excluding hydrogens is 320 g/mol. The summed E-state index contributed by atoms with van der Waals surface area (Å²) >= 11 is 0. The van der Waals surface area contributed by atoms with E-state index < -0.39 is 30.0 Å². The molecule has 0 heterocycles. The van der Waals surface area contributed by atoms with Gasteiger partial charge in [-0.3, -0.25) is 13.5 Å². The van der Waals surface area contributed by atoms with Gasteiger partial charge < -0.3 is 0 Å². The van der Waals surface area contributed by atoms with Gasteiger partial charge >= 0.3 is 0 Å². The molecule has 0 saturated heterocycles. The van der Waals surface area contributed by atoms with E-state index in [0.717, 1.165) is 13.2 Å². The van der Waals surface area contributed by atoms with Crippen molar-refractivity contribution in [1.82, 2.24) is 0 Å². The van der Waals surface area contributed by atoms with Crippen molar-refractivity contribution < 1.29 is 30.4 Å². The molecule has 0 aliphatic rings. The highest BCUT2D eigenvalue weighted by Gasteiger charge is 2.29. The zero-order chi connectivity index (χ0) is 16.3. The summed E-state index contributed by atoms with van der Waals surface area (Å²) in [5.74, 6) is 0. The molecule has 0 aliphatic heterocycles. The van der Waals surface area contributed by atoms with Gasteiger partial charge in [-0.25, -0.2) is 0 Å². The molecule has 0 fully saturated rings. The zero-order valence-corrected chi connectivity index (χ0v) is 13.2. The maximum absolute atomic E-state index is 11.8. The summed E-state index contributed by atoms with van der Waals surface area (Å²) in [4.78, 5) is 9.58. The van der Waals surface area contributed by atoms with Crippen LogP contribution < -0.4 is 0 Å². The molecule has 9 heteroatoms. The Kier molecular flexibility index (Phi) is 5.62. The molecule has 0 saturated carbocycles. The van der Waals surface area contributed by atoms with Gasteiger partial charge in [0.25, 0.3) is 20.2 Å². The first kappa shape index (κ1) is 17.8.